The number of rotatable bonds is 4. The Labute approximate surface area is 98.6 Å². The number of hydrogen-bond donors (Lipinski definition) is 2. The highest BCUT2D eigenvalue weighted by atomic mass is 16.2. The van der Waals surface area contributed by atoms with Gasteiger partial charge in [-0.1, -0.05) is 20.8 Å². The predicted molar refractivity (Wildman–Crippen MR) is 66.1 cm³/mol. The lowest BCUT2D eigenvalue weighted by atomic mass is 10.0. The maximum absolute atomic E-state index is 11.8. The first-order valence-electron chi connectivity index (χ1n) is 6.33. The molecule has 4 nitrogen and oxygen atoms in total. The van der Waals surface area contributed by atoms with Crippen molar-refractivity contribution in [2.75, 3.05) is 19.6 Å². The summed E-state index contributed by atoms with van der Waals surface area (Å²) < 4.78 is 0. The van der Waals surface area contributed by atoms with Crippen molar-refractivity contribution >= 4 is 5.91 Å². The highest BCUT2D eigenvalue weighted by molar-refractivity contribution is 5.82. The molecule has 0 radical (unpaired) electrons. The molecule has 0 aromatic rings. The lowest BCUT2D eigenvalue weighted by molar-refractivity contribution is -0.124. The van der Waals surface area contributed by atoms with Gasteiger partial charge < -0.3 is 16.0 Å². The van der Waals surface area contributed by atoms with Gasteiger partial charge in [-0.05, 0) is 25.3 Å². The van der Waals surface area contributed by atoms with Crippen LogP contribution in [0.5, 0.6) is 0 Å². The molecule has 1 saturated heterocycles. The second-order valence-corrected chi connectivity index (χ2v) is 4.99. The van der Waals surface area contributed by atoms with Crippen LogP contribution in [0, 0.1) is 5.92 Å². The summed E-state index contributed by atoms with van der Waals surface area (Å²) in [5.41, 5.74) is 5.81. The van der Waals surface area contributed by atoms with Crippen molar-refractivity contribution in [3.05, 3.63) is 0 Å². The van der Waals surface area contributed by atoms with Crippen molar-refractivity contribution in [2.24, 2.45) is 11.7 Å². The largest absolute Gasteiger partial charge is 0.352 e. The summed E-state index contributed by atoms with van der Waals surface area (Å²) in [6.45, 7) is 9.39. The lowest BCUT2D eigenvalue weighted by Crippen LogP contribution is -2.51. The Hall–Kier alpha value is -0.610. The minimum atomic E-state index is -0.371. The number of nitrogens with one attached hydrogen (secondary N) is 1. The first-order chi connectivity index (χ1) is 7.54. The van der Waals surface area contributed by atoms with E-state index in [1.54, 1.807) is 0 Å². The summed E-state index contributed by atoms with van der Waals surface area (Å²) in [5, 5.41) is 3.05. The molecule has 16 heavy (non-hydrogen) atoms. The molecule has 1 fully saturated rings. The number of likely N-dealkylation sites (tertiary alicyclic amines) is 1. The molecule has 1 unspecified atom stereocenters. The van der Waals surface area contributed by atoms with Gasteiger partial charge in [-0.2, -0.15) is 0 Å². The van der Waals surface area contributed by atoms with Gasteiger partial charge in [0.15, 0.2) is 0 Å². The molecule has 3 N–H and O–H groups in total. The van der Waals surface area contributed by atoms with E-state index in [4.69, 9.17) is 5.73 Å². The average Bonchev–Trinajstić information content (AvgIpc) is 2.28. The summed E-state index contributed by atoms with van der Waals surface area (Å²) in [6, 6.07) is -0.0516. The van der Waals surface area contributed by atoms with Crippen LogP contribution in [-0.2, 0) is 4.79 Å². The van der Waals surface area contributed by atoms with E-state index < -0.39 is 0 Å². The molecule has 0 bridgehead atoms. The summed E-state index contributed by atoms with van der Waals surface area (Å²) in [7, 11) is 0. The molecular formula is C12H25N3O. The van der Waals surface area contributed by atoms with Crippen molar-refractivity contribution in [3.63, 3.8) is 0 Å². The van der Waals surface area contributed by atoms with Crippen LogP contribution < -0.4 is 11.1 Å². The summed E-state index contributed by atoms with van der Waals surface area (Å²) in [6.07, 6.45) is 2.09. The molecule has 4 heteroatoms. The van der Waals surface area contributed by atoms with Crippen LogP contribution in [0.15, 0.2) is 0 Å². The van der Waals surface area contributed by atoms with Crippen LogP contribution in [0.4, 0.5) is 0 Å². The minimum absolute atomic E-state index is 0.00458. The fourth-order valence-electron chi connectivity index (χ4n) is 1.99. The monoisotopic (exact) mass is 227 g/mol. The Bertz CT molecular complexity index is 222. The molecule has 1 rings (SSSR count). The van der Waals surface area contributed by atoms with E-state index in [2.05, 4.69) is 17.1 Å². The molecule has 1 atom stereocenters. The van der Waals surface area contributed by atoms with Gasteiger partial charge in [0.1, 0.15) is 0 Å². The second-order valence-electron chi connectivity index (χ2n) is 4.99. The standard InChI is InChI=1S/C12H25N3O/c1-4-15-7-5-10(6-8-15)14-12(16)11(13)9(2)3/h9-11H,4-8,13H2,1-3H3,(H,14,16). The molecule has 1 aliphatic heterocycles. The molecule has 0 saturated carbocycles. The van der Waals surface area contributed by atoms with Gasteiger partial charge in [0.05, 0.1) is 6.04 Å². The maximum atomic E-state index is 11.8. The zero-order valence-corrected chi connectivity index (χ0v) is 10.7. The molecule has 0 aliphatic carbocycles. The molecular weight excluding hydrogens is 202 g/mol. The van der Waals surface area contributed by atoms with Crippen molar-refractivity contribution in [1.29, 1.82) is 0 Å². The van der Waals surface area contributed by atoms with Crippen LogP contribution in [0.1, 0.15) is 33.6 Å². The Morgan fingerprint density at radius 2 is 2.00 bits per heavy atom. The highest BCUT2D eigenvalue weighted by Crippen LogP contribution is 2.10. The van der Waals surface area contributed by atoms with E-state index in [0.29, 0.717) is 6.04 Å². The first-order valence-corrected chi connectivity index (χ1v) is 6.33. The van der Waals surface area contributed by atoms with Gasteiger partial charge in [-0.25, -0.2) is 0 Å². The molecule has 0 aromatic heterocycles. The number of nitrogens with zero attached hydrogens (tertiary/aromatic N) is 1. The summed E-state index contributed by atoms with van der Waals surface area (Å²) in [5.74, 6) is 0.209. The number of carbonyl (C=O) groups is 1. The van der Waals surface area contributed by atoms with Crippen LogP contribution in [0.2, 0.25) is 0 Å². The quantitative estimate of drug-likeness (QED) is 0.738. The SMILES string of the molecule is CCN1CCC(NC(=O)C(N)C(C)C)CC1. The Morgan fingerprint density at radius 3 is 2.44 bits per heavy atom. The van der Waals surface area contributed by atoms with Crippen molar-refractivity contribution in [1.82, 2.24) is 10.2 Å². The lowest BCUT2D eigenvalue weighted by Gasteiger charge is -2.32. The molecule has 1 aliphatic rings. The number of nitrogens with two attached hydrogens (primary N) is 1. The summed E-state index contributed by atoms with van der Waals surface area (Å²) in [4.78, 5) is 14.2. The van der Waals surface area contributed by atoms with E-state index in [1.165, 1.54) is 0 Å². The summed E-state index contributed by atoms with van der Waals surface area (Å²) >= 11 is 0. The van der Waals surface area contributed by atoms with Gasteiger partial charge in [0.2, 0.25) is 5.91 Å². The third-order valence-electron chi connectivity index (χ3n) is 3.40. The van der Waals surface area contributed by atoms with Crippen LogP contribution in [-0.4, -0.2) is 42.5 Å². The number of piperidine rings is 1. The van der Waals surface area contributed by atoms with Crippen LogP contribution in [0.25, 0.3) is 0 Å². The molecule has 0 spiro atoms. The smallest absolute Gasteiger partial charge is 0.237 e. The minimum Gasteiger partial charge on any atom is -0.352 e. The average molecular weight is 227 g/mol. The maximum Gasteiger partial charge on any atom is 0.237 e. The van der Waals surface area contributed by atoms with Crippen molar-refractivity contribution in [3.8, 4) is 0 Å². The van der Waals surface area contributed by atoms with E-state index in [1.807, 2.05) is 13.8 Å². The van der Waals surface area contributed by atoms with Gasteiger partial charge >= 0.3 is 0 Å². The predicted octanol–water partition coefficient (Wildman–Crippen LogP) is 0.570. The fourth-order valence-corrected chi connectivity index (χ4v) is 1.99. The number of hydrogen-bond acceptors (Lipinski definition) is 3. The Kier molecular flexibility index (Phi) is 5.22. The zero-order chi connectivity index (χ0) is 12.1. The van der Waals surface area contributed by atoms with Gasteiger partial charge in [-0.3, -0.25) is 4.79 Å². The third-order valence-corrected chi connectivity index (χ3v) is 3.40. The van der Waals surface area contributed by atoms with E-state index >= 15 is 0 Å². The van der Waals surface area contributed by atoms with Gasteiger partial charge in [0.25, 0.3) is 0 Å². The van der Waals surface area contributed by atoms with Crippen LogP contribution >= 0.6 is 0 Å². The molecule has 1 heterocycles. The number of amides is 1. The Morgan fingerprint density at radius 1 is 1.44 bits per heavy atom. The second kappa shape index (κ2) is 6.21. The zero-order valence-electron chi connectivity index (χ0n) is 10.7. The first kappa shape index (κ1) is 13.5. The normalized spacial score (nSPS) is 21.1. The molecule has 94 valence electrons. The van der Waals surface area contributed by atoms with Crippen molar-refractivity contribution in [2.45, 2.75) is 45.7 Å². The number of carbonyl (C=O) groups excluding carboxylic acids is 1. The van der Waals surface area contributed by atoms with Gasteiger partial charge in [-0.15, -0.1) is 0 Å². The van der Waals surface area contributed by atoms with E-state index in [0.717, 1.165) is 32.5 Å². The van der Waals surface area contributed by atoms with E-state index in [-0.39, 0.29) is 17.9 Å². The fraction of sp³-hybridized carbons (Fsp3) is 0.917. The highest BCUT2D eigenvalue weighted by Gasteiger charge is 2.23. The molecule has 0 aromatic carbocycles. The van der Waals surface area contributed by atoms with Crippen molar-refractivity contribution < 1.29 is 4.79 Å². The van der Waals surface area contributed by atoms with E-state index in [9.17, 15) is 4.79 Å². The van der Waals surface area contributed by atoms with Crippen LogP contribution in [0.3, 0.4) is 0 Å². The third kappa shape index (κ3) is 3.76. The topological polar surface area (TPSA) is 58.4 Å². The van der Waals surface area contributed by atoms with Gasteiger partial charge in [0, 0.05) is 19.1 Å². The Balaban J connectivity index is 2.31. The molecule has 1 amide bonds.